The van der Waals surface area contributed by atoms with Gasteiger partial charge in [-0.3, -0.25) is 15.1 Å². The molecule has 0 spiro atoms. The number of rotatable bonds is 12. The van der Waals surface area contributed by atoms with E-state index in [9.17, 15) is 15.2 Å². The molecule has 9 heteroatoms. The van der Waals surface area contributed by atoms with E-state index in [1.807, 2.05) is 6.92 Å². The Morgan fingerprint density at radius 2 is 1.89 bits per heavy atom. The topological polar surface area (TPSA) is 112 Å². The summed E-state index contributed by atoms with van der Waals surface area (Å²) in [5.41, 5.74) is 0.920. The minimum atomic E-state index is -0.409. The molecule has 4 N–H and O–H groups in total. The zero-order chi connectivity index (χ0) is 20.1. The molecule has 0 bridgehead atoms. The van der Waals surface area contributed by atoms with Crippen molar-refractivity contribution in [3.05, 3.63) is 34.4 Å². The molecule has 0 amide bonds. The van der Waals surface area contributed by atoms with Crippen LogP contribution >= 0.6 is 24.0 Å². The zero-order valence-corrected chi connectivity index (χ0v) is 19.3. The smallest absolute Gasteiger partial charge is 0.269 e. The highest BCUT2D eigenvalue weighted by atomic mass is 127. The lowest BCUT2D eigenvalue weighted by Crippen LogP contribution is -2.40. The first-order valence-electron chi connectivity index (χ1n) is 9.57. The van der Waals surface area contributed by atoms with E-state index >= 15 is 0 Å². The molecule has 1 unspecified atom stereocenters. The van der Waals surface area contributed by atoms with Gasteiger partial charge in [0, 0.05) is 50.6 Å². The Kier molecular flexibility index (Phi) is 14.4. The molecular weight excluding hydrogens is 473 g/mol. The number of halogens is 1. The maximum Gasteiger partial charge on any atom is 0.269 e. The molecule has 1 rings (SSSR count). The molecule has 1 atom stereocenters. The second kappa shape index (κ2) is 15.3. The molecule has 160 valence electrons. The normalized spacial score (nSPS) is 12.2. The van der Waals surface area contributed by atoms with Crippen molar-refractivity contribution in [3.63, 3.8) is 0 Å². The number of hydrogen-bond acceptors (Lipinski definition) is 5. The molecule has 0 fully saturated rings. The molecule has 0 aromatic heterocycles. The Morgan fingerprint density at radius 1 is 1.21 bits per heavy atom. The van der Waals surface area contributed by atoms with Crippen LogP contribution in [0.4, 0.5) is 11.4 Å². The average molecular weight is 507 g/mol. The minimum absolute atomic E-state index is 0. The van der Waals surface area contributed by atoms with Crippen LogP contribution in [0, 0.1) is 22.0 Å². The van der Waals surface area contributed by atoms with Gasteiger partial charge in [-0.1, -0.05) is 13.8 Å². The maximum atomic E-state index is 10.7. The number of benzene rings is 1. The van der Waals surface area contributed by atoms with E-state index in [1.165, 1.54) is 12.1 Å². The first kappa shape index (κ1) is 26.4. The van der Waals surface area contributed by atoms with Gasteiger partial charge in [0.05, 0.1) is 4.92 Å². The summed E-state index contributed by atoms with van der Waals surface area (Å²) in [6, 6.07) is 6.36. The molecule has 1 aromatic rings. The van der Waals surface area contributed by atoms with E-state index in [0.717, 1.165) is 31.0 Å². The number of nitrogens with zero attached hydrogens (tertiary/aromatic N) is 2. The van der Waals surface area contributed by atoms with Crippen LogP contribution in [0.15, 0.2) is 29.3 Å². The Morgan fingerprint density at radius 3 is 2.43 bits per heavy atom. The summed E-state index contributed by atoms with van der Waals surface area (Å²) in [7, 11) is 0. The fourth-order valence-electron chi connectivity index (χ4n) is 2.78. The zero-order valence-electron chi connectivity index (χ0n) is 17.0. The predicted molar refractivity (Wildman–Crippen MR) is 126 cm³/mol. The van der Waals surface area contributed by atoms with Gasteiger partial charge in [-0.25, -0.2) is 0 Å². The summed E-state index contributed by atoms with van der Waals surface area (Å²) in [5.74, 6) is 1.72. The standard InChI is InChI=1S/C19H33N5O3.HI/c1-4-20-19(23-14-16(9-12-25)13-15(2)3)22-11-10-21-17-5-7-18(8-6-17)24(26)27;/h5-8,15-16,21,25H,4,9-14H2,1-3H3,(H2,20,22,23);1H. The van der Waals surface area contributed by atoms with Crippen molar-refractivity contribution in [2.24, 2.45) is 16.8 Å². The number of aliphatic imine (C=N–C) groups is 1. The molecule has 0 aliphatic heterocycles. The van der Waals surface area contributed by atoms with Crippen LogP contribution < -0.4 is 16.0 Å². The molecular formula is C19H34IN5O3. The maximum absolute atomic E-state index is 10.7. The lowest BCUT2D eigenvalue weighted by molar-refractivity contribution is -0.384. The second-order valence-corrected chi connectivity index (χ2v) is 6.89. The molecule has 0 aliphatic carbocycles. The number of aliphatic hydroxyl groups excluding tert-OH is 1. The molecule has 0 radical (unpaired) electrons. The number of hydrogen-bond donors (Lipinski definition) is 4. The molecule has 0 saturated carbocycles. The average Bonchev–Trinajstić information content (AvgIpc) is 2.63. The summed E-state index contributed by atoms with van der Waals surface area (Å²) >= 11 is 0. The van der Waals surface area contributed by atoms with Crippen molar-refractivity contribution in [1.82, 2.24) is 10.6 Å². The van der Waals surface area contributed by atoms with Gasteiger partial charge >= 0.3 is 0 Å². The third-order valence-corrected chi connectivity index (χ3v) is 4.02. The van der Waals surface area contributed by atoms with Crippen LogP contribution in [0.3, 0.4) is 0 Å². The van der Waals surface area contributed by atoms with Crippen LogP contribution in [0.1, 0.15) is 33.6 Å². The van der Waals surface area contributed by atoms with E-state index in [-0.39, 0.29) is 36.3 Å². The van der Waals surface area contributed by atoms with Gasteiger partial charge in [-0.15, -0.1) is 24.0 Å². The first-order chi connectivity index (χ1) is 13.0. The fourth-order valence-corrected chi connectivity index (χ4v) is 2.78. The molecule has 28 heavy (non-hydrogen) atoms. The van der Waals surface area contributed by atoms with Crippen molar-refractivity contribution >= 4 is 41.3 Å². The highest BCUT2D eigenvalue weighted by molar-refractivity contribution is 14.0. The third-order valence-electron chi connectivity index (χ3n) is 4.02. The fraction of sp³-hybridized carbons (Fsp3) is 0.632. The number of non-ortho nitro benzene ring substituents is 1. The first-order valence-corrected chi connectivity index (χ1v) is 9.57. The Hall–Kier alpha value is -1.62. The number of anilines is 1. The van der Waals surface area contributed by atoms with Crippen molar-refractivity contribution in [2.45, 2.75) is 33.6 Å². The Bertz CT molecular complexity index is 581. The Balaban J connectivity index is 0.00000729. The van der Waals surface area contributed by atoms with Crippen LogP contribution in [0.5, 0.6) is 0 Å². The number of nitrogens with one attached hydrogen (secondary N) is 3. The van der Waals surface area contributed by atoms with E-state index in [2.05, 4.69) is 34.8 Å². The highest BCUT2D eigenvalue weighted by Crippen LogP contribution is 2.16. The molecule has 0 saturated heterocycles. The summed E-state index contributed by atoms with van der Waals surface area (Å²) in [5, 5.41) is 29.6. The van der Waals surface area contributed by atoms with E-state index in [1.54, 1.807) is 12.1 Å². The van der Waals surface area contributed by atoms with Gasteiger partial charge in [-0.2, -0.15) is 0 Å². The predicted octanol–water partition coefficient (Wildman–Crippen LogP) is 3.22. The minimum Gasteiger partial charge on any atom is -0.396 e. The highest BCUT2D eigenvalue weighted by Gasteiger charge is 2.10. The van der Waals surface area contributed by atoms with E-state index < -0.39 is 4.92 Å². The van der Waals surface area contributed by atoms with Crippen molar-refractivity contribution in [1.29, 1.82) is 0 Å². The third kappa shape index (κ3) is 11.3. The van der Waals surface area contributed by atoms with Crippen molar-refractivity contribution < 1.29 is 10.0 Å². The summed E-state index contributed by atoms with van der Waals surface area (Å²) in [6.07, 6.45) is 1.81. The SMILES string of the molecule is CCNC(=NCC(CCO)CC(C)C)NCCNc1ccc([N+](=O)[O-])cc1.I. The number of nitro groups is 1. The Labute approximate surface area is 184 Å². The number of guanidine groups is 1. The van der Waals surface area contributed by atoms with E-state index in [0.29, 0.717) is 31.5 Å². The monoisotopic (exact) mass is 507 g/mol. The van der Waals surface area contributed by atoms with Crippen molar-refractivity contribution in [2.75, 3.05) is 38.1 Å². The van der Waals surface area contributed by atoms with Crippen LogP contribution in [-0.4, -0.2) is 48.8 Å². The quantitative estimate of drug-likeness (QED) is 0.0864. The van der Waals surface area contributed by atoms with Gasteiger partial charge < -0.3 is 21.1 Å². The van der Waals surface area contributed by atoms with Gasteiger partial charge in [0.25, 0.3) is 5.69 Å². The number of nitro benzene ring substituents is 1. The lowest BCUT2D eigenvalue weighted by Gasteiger charge is -2.17. The summed E-state index contributed by atoms with van der Waals surface area (Å²) < 4.78 is 0. The van der Waals surface area contributed by atoms with Gasteiger partial charge in [0.1, 0.15) is 0 Å². The summed E-state index contributed by atoms with van der Waals surface area (Å²) in [6.45, 7) is 9.36. The molecule has 1 aromatic carbocycles. The van der Waals surface area contributed by atoms with Crippen LogP contribution in [0.25, 0.3) is 0 Å². The van der Waals surface area contributed by atoms with Gasteiger partial charge in [0.15, 0.2) is 5.96 Å². The molecule has 0 aliphatic rings. The largest absolute Gasteiger partial charge is 0.396 e. The molecule has 0 heterocycles. The molecule has 8 nitrogen and oxygen atoms in total. The second-order valence-electron chi connectivity index (χ2n) is 6.89. The van der Waals surface area contributed by atoms with Crippen molar-refractivity contribution in [3.8, 4) is 0 Å². The summed E-state index contributed by atoms with van der Waals surface area (Å²) in [4.78, 5) is 14.9. The van der Waals surface area contributed by atoms with Gasteiger partial charge in [0.2, 0.25) is 0 Å². The number of aliphatic hydroxyl groups is 1. The lowest BCUT2D eigenvalue weighted by atomic mass is 9.94. The van der Waals surface area contributed by atoms with E-state index in [4.69, 9.17) is 0 Å². The van der Waals surface area contributed by atoms with Crippen LogP contribution in [-0.2, 0) is 0 Å². The van der Waals surface area contributed by atoms with Gasteiger partial charge in [-0.05, 0) is 43.7 Å². The van der Waals surface area contributed by atoms with Crippen LogP contribution in [0.2, 0.25) is 0 Å².